The minimum Gasteiger partial charge on any atom is -0.314 e. The quantitative estimate of drug-likeness (QED) is 0.628. The lowest BCUT2D eigenvalue weighted by Gasteiger charge is -2.27. The van der Waals surface area contributed by atoms with E-state index in [2.05, 4.69) is 35.7 Å². The van der Waals surface area contributed by atoms with Crippen molar-refractivity contribution >= 4 is 34.8 Å². The van der Waals surface area contributed by atoms with Gasteiger partial charge < -0.3 is 10.2 Å². The first-order chi connectivity index (χ1) is 11.3. The number of hydrogen-bond donors (Lipinski definition) is 2. The average molecular weight is 426 g/mol. The average Bonchev–Trinajstić information content (AvgIpc) is 2.60. The van der Waals surface area contributed by atoms with Gasteiger partial charge in [0, 0.05) is 32.7 Å². The third kappa shape index (κ3) is 7.33. The summed E-state index contributed by atoms with van der Waals surface area (Å²) in [5, 5.41) is 3.32. The molecule has 8 heteroatoms. The summed E-state index contributed by atoms with van der Waals surface area (Å²) in [5.74, 6) is 0. The highest BCUT2D eigenvalue weighted by atomic mass is 35.5. The number of nitrogens with zero attached hydrogens (tertiary/aromatic N) is 1. The maximum atomic E-state index is 12.4. The molecule has 1 saturated heterocycles. The summed E-state index contributed by atoms with van der Waals surface area (Å²) in [6.07, 6.45) is 1.85. The summed E-state index contributed by atoms with van der Waals surface area (Å²) in [6, 6.07) is 7.29. The molecule has 0 bridgehead atoms. The molecular formula is C18H33Cl2N3O2S. The molecule has 1 heterocycles. The van der Waals surface area contributed by atoms with Gasteiger partial charge in [-0.05, 0) is 42.5 Å². The predicted molar refractivity (Wildman–Crippen MR) is 113 cm³/mol. The van der Waals surface area contributed by atoms with Gasteiger partial charge in [0.05, 0.1) is 4.90 Å². The molecule has 0 saturated carbocycles. The smallest absolute Gasteiger partial charge is 0.240 e. The molecule has 5 nitrogen and oxygen atoms in total. The maximum Gasteiger partial charge on any atom is 0.240 e. The second-order valence-corrected chi connectivity index (χ2v) is 8.87. The zero-order valence-corrected chi connectivity index (χ0v) is 18.4. The van der Waals surface area contributed by atoms with Gasteiger partial charge >= 0.3 is 0 Å². The predicted octanol–water partition coefficient (Wildman–Crippen LogP) is 2.79. The van der Waals surface area contributed by atoms with Gasteiger partial charge in [-0.3, -0.25) is 0 Å². The molecule has 0 amide bonds. The van der Waals surface area contributed by atoms with Crippen LogP contribution in [0.2, 0.25) is 0 Å². The van der Waals surface area contributed by atoms with Crippen LogP contribution in [0.5, 0.6) is 0 Å². The van der Waals surface area contributed by atoms with Gasteiger partial charge in [-0.25, -0.2) is 13.1 Å². The Kier molecular flexibility index (Phi) is 11.3. The van der Waals surface area contributed by atoms with Gasteiger partial charge in [0.1, 0.15) is 0 Å². The maximum absolute atomic E-state index is 12.4. The Bertz CT molecular complexity index is 616. The Morgan fingerprint density at radius 1 is 1.12 bits per heavy atom. The topological polar surface area (TPSA) is 61.4 Å². The minimum atomic E-state index is -3.41. The number of halogens is 2. The van der Waals surface area contributed by atoms with Crippen LogP contribution < -0.4 is 10.0 Å². The number of rotatable bonds is 8. The molecular weight excluding hydrogens is 393 g/mol. The van der Waals surface area contributed by atoms with Crippen molar-refractivity contribution in [2.45, 2.75) is 43.9 Å². The molecule has 2 N–H and O–H groups in total. The molecule has 0 aromatic heterocycles. The van der Waals surface area contributed by atoms with Gasteiger partial charge in [-0.15, -0.1) is 24.8 Å². The van der Waals surface area contributed by atoms with Gasteiger partial charge in [0.25, 0.3) is 0 Å². The lowest BCUT2D eigenvalue weighted by atomic mass is 9.82. The van der Waals surface area contributed by atoms with Crippen molar-refractivity contribution in [1.29, 1.82) is 0 Å². The SMILES string of the molecule is CCC(C)(C)c1ccc(S(=O)(=O)NCCCN2CCNCC2)cc1.Cl.Cl. The van der Waals surface area contributed by atoms with E-state index < -0.39 is 10.0 Å². The van der Waals surface area contributed by atoms with Gasteiger partial charge in [0.15, 0.2) is 0 Å². The van der Waals surface area contributed by atoms with Crippen LogP contribution in [0.1, 0.15) is 39.2 Å². The molecule has 0 spiro atoms. The van der Waals surface area contributed by atoms with Crippen molar-refractivity contribution in [2.75, 3.05) is 39.3 Å². The van der Waals surface area contributed by atoms with Crippen molar-refractivity contribution in [3.05, 3.63) is 29.8 Å². The van der Waals surface area contributed by atoms with Gasteiger partial charge in [-0.2, -0.15) is 0 Å². The monoisotopic (exact) mass is 425 g/mol. The van der Waals surface area contributed by atoms with Gasteiger partial charge in [-0.1, -0.05) is 32.9 Å². The number of benzene rings is 1. The van der Waals surface area contributed by atoms with Crippen molar-refractivity contribution in [3.8, 4) is 0 Å². The summed E-state index contributed by atoms with van der Waals surface area (Å²) in [4.78, 5) is 2.72. The molecule has 0 unspecified atom stereocenters. The Labute approximate surface area is 171 Å². The number of nitrogens with one attached hydrogen (secondary N) is 2. The second kappa shape index (κ2) is 11.5. The number of sulfonamides is 1. The van der Waals surface area contributed by atoms with Crippen molar-refractivity contribution in [1.82, 2.24) is 14.9 Å². The zero-order valence-electron chi connectivity index (χ0n) is 16.0. The summed E-state index contributed by atoms with van der Waals surface area (Å²) in [5.41, 5.74) is 1.24. The highest BCUT2D eigenvalue weighted by Crippen LogP contribution is 2.27. The zero-order chi connectivity index (χ0) is 17.6. The molecule has 152 valence electrons. The van der Waals surface area contributed by atoms with E-state index in [0.29, 0.717) is 11.4 Å². The molecule has 1 aromatic rings. The van der Waals surface area contributed by atoms with E-state index in [9.17, 15) is 8.42 Å². The third-order valence-electron chi connectivity index (χ3n) is 4.98. The number of hydrogen-bond acceptors (Lipinski definition) is 4. The van der Waals surface area contributed by atoms with Crippen LogP contribution >= 0.6 is 24.8 Å². The molecule has 0 atom stereocenters. The van der Waals surface area contributed by atoms with Crippen molar-refractivity contribution < 1.29 is 8.42 Å². The number of piperazine rings is 1. The van der Waals surface area contributed by atoms with Crippen molar-refractivity contribution in [3.63, 3.8) is 0 Å². The fraction of sp³-hybridized carbons (Fsp3) is 0.667. The molecule has 1 aliphatic heterocycles. The van der Waals surface area contributed by atoms with E-state index in [1.807, 2.05) is 12.1 Å². The van der Waals surface area contributed by atoms with Crippen LogP contribution in [-0.4, -0.2) is 52.6 Å². The first-order valence-corrected chi connectivity index (χ1v) is 10.4. The minimum absolute atomic E-state index is 0. The fourth-order valence-corrected chi connectivity index (χ4v) is 3.89. The summed E-state index contributed by atoms with van der Waals surface area (Å²) < 4.78 is 27.5. The van der Waals surface area contributed by atoms with E-state index in [1.54, 1.807) is 12.1 Å². The Balaban J connectivity index is 0.00000312. The van der Waals surface area contributed by atoms with Crippen LogP contribution in [-0.2, 0) is 15.4 Å². The molecule has 0 aliphatic carbocycles. The second-order valence-electron chi connectivity index (χ2n) is 7.10. The first kappa shape index (κ1) is 25.6. The molecule has 0 radical (unpaired) electrons. The highest BCUT2D eigenvalue weighted by molar-refractivity contribution is 7.89. The van der Waals surface area contributed by atoms with Gasteiger partial charge in [0.2, 0.25) is 10.0 Å². The van der Waals surface area contributed by atoms with Crippen LogP contribution in [0.25, 0.3) is 0 Å². The normalized spacial score (nSPS) is 15.8. The highest BCUT2D eigenvalue weighted by Gasteiger charge is 2.20. The summed E-state index contributed by atoms with van der Waals surface area (Å²) in [6.45, 7) is 12.0. The van der Waals surface area contributed by atoms with Crippen LogP contribution in [0.4, 0.5) is 0 Å². The molecule has 1 fully saturated rings. The van der Waals surface area contributed by atoms with Crippen LogP contribution in [0.15, 0.2) is 29.2 Å². The lowest BCUT2D eigenvalue weighted by Crippen LogP contribution is -2.44. The van der Waals surface area contributed by atoms with E-state index >= 15 is 0 Å². The van der Waals surface area contributed by atoms with Crippen LogP contribution in [0.3, 0.4) is 0 Å². The van der Waals surface area contributed by atoms with Crippen LogP contribution in [0, 0.1) is 0 Å². The third-order valence-corrected chi connectivity index (χ3v) is 6.46. The first-order valence-electron chi connectivity index (χ1n) is 8.88. The molecule has 1 aliphatic rings. The van der Waals surface area contributed by atoms with Crippen molar-refractivity contribution in [2.24, 2.45) is 0 Å². The fourth-order valence-electron chi connectivity index (χ4n) is 2.82. The Morgan fingerprint density at radius 3 is 2.23 bits per heavy atom. The molecule has 26 heavy (non-hydrogen) atoms. The summed E-state index contributed by atoms with van der Waals surface area (Å²) >= 11 is 0. The van der Waals surface area contributed by atoms with E-state index in [-0.39, 0.29) is 30.2 Å². The Hall–Kier alpha value is -0.370. The summed E-state index contributed by atoms with van der Waals surface area (Å²) in [7, 11) is -3.41. The van der Waals surface area contributed by atoms with E-state index in [1.165, 1.54) is 5.56 Å². The van der Waals surface area contributed by atoms with E-state index in [0.717, 1.165) is 45.6 Å². The standard InChI is InChI=1S/C18H31N3O2S.2ClH/c1-4-18(2,3)16-6-8-17(9-7-16)24(22,23)20-10-5-13-21-14-11-19-12-15-21;;/h6-9,19-20H,4-5,10-15H2,1-3H3;2*1H. The Morgan fingerprint density at radius 2 is 1.69 bits per heavy atom. The lowest BCUT2D eigenvalue weighted by molar-refractivity contribution is 0.239. The largest absolute Gasteiger partial charge is 0.314 e. The molecule has 1 aromatic carbocycles. The molecule has 2 rings (SSSR count). The van der Waals surface area contributed by atoms with E-state index in [4.69, 9.17) is 0 Å².